The van der Waals surface area contributed by atoms with Crippen molar-refractivity contribution in [2.45, 2.75) is 62.3 Å². The first-order valence-corrected chi connectivity index (χ1v) is 12.4. The van der Waals surface area contributed by atoms with Gasteiger partial charge in [-0.15, -0.1) is 0 Å². The van der Waals surface area contributed by atoms with E-state index in [1.54, 1.807) is 7.11 Å². The van der Waals surface area contributed by atoms with E-state index in [2.05, 4.69) is 23.1 Å². The van der Waals surface area contributed by atoms with E-state index in [-0.39, 0.29) is 5.25 Å². The Bertz CT molecular complexity index is 823. The summed E-state index contributed by atoms with van der Waals surface area (Å²) < 4.78 is 33.3. The zero-order valence-corrected chi connectivity index (χ0v) is 17.6. The fourth-order valence-electron chi connectivity index (χ4n) is 5.97. The molecular weight excluding hydrogens is 372 g/mol. The summed E-state index contributed by atoms with van der Waals surface area (Å²) in [6, 6.07) is 9.39. The number of hydrogen-bond donors (Lipinski definition) is 0. The average molecular weight is 405 g/mol. The molecule has 28 heavy (non-hydrogen) atoms. The summed E-state index contributed by atoms with van der Waals surface area (Å²) in [5.41, 5.74) is 1.30. The summed E-state index contributed by atoms with van der Waals surface area (Å²) in [6.45, 7) is 2.64. The van der Waals surface area contributed by atoms with Crippen LogP contribution in [0.15, 0.2) is 24.3 Å². The quantitative estimate of drug-likeness (QED) is 0.757. The van der Waals surface area contributed by atoms with Crippen LogP contribution >= 0.6 is 0 Å². The van der Waals surface area contributed by atoms with Crippen LogP contribution in [0.3, 0.4) is 0 Å². The second kappa shape index (κ2) is 7.29. The molecule has 4 atom stereocenters. The first-order chi connectivity index (χ1) is 13.6. The maximum atomic E-state index is 13.0. The number of benzene rings is 1. The molecule has 3 saturated heterocycles. The summed E-state index contributed by atoms with van der Waals surface area (Å²) in [5.74, 6) is 1.85. The predicted molar refractivity (Wildman–Crippen MR) is 110 cm³/mol. The van der Waals surface area contributed by atoms with Gasteiger partial charge in [0.05, 0.1) is 12.4 Å². The van der Waals surface area contributed by atoms with Crippen LogP contribution < -0.4 is 4.74 Å². The molecule has 3 aliphatic heterocycles. The molecular formula is C22H32N2O3S. The number of nitrogens with zero attached hydrogens (tertiary/aromatic N) is 2. The van der Waals surface area contributed by atoms with Gasteiger partial charge in [-0.3, -0.25) is 4.90 Å². The lowest BCUT2D eigenvalue weighted by Gasteiger charge is -2.56. The first kappa shape index (κ1) is 18.9. The highest BCUT2D eigenvalue weighted by Gasteiger charge is 2.51. The Balaban J connectivity index is 1.43. The van der Waals surface area contributed by atoms with Crippen molar-refractivity contribution in [3.8, 4) is 5.75 Å². The van der Waals surface area contributed by atoms with E-state index in [4.69, 9.17) is 4.74 Å². The van der Waals surface area contributed by atoms with Gasteiger partial charge in [-0.2, -0.15) is 0 Å². The molecule has 4 fully saturated rings. The van der Waals surface area contributed by atoms with Gasteiger partial charge >= 0.3 is 0 Å². The Labute approximate surface area is 169 Å². The summed E-state index contributed by atoms with van der Waals surface area (Å²) in [5, 5.41) is -0.0920. The van der Waals surface area contributed by atoms with Gasteiger partial charge in [-0.25, -0.2) is 12.7 Å². The van der Waals surface area contributed by atoms with E-state index in [0.717, 1.165) is 31.6 Å². The second-order valence-corrected chi connectivity index (χ2v) is 11.5. The maximum absolute atomic E-state index is 13.0. The zero-order chi connectivity index (χ0) is 19.3. The number of rotatable bonds is 5. The highest BCUT2D eigenvalue weighted by atomic mass is 32.2. The van der Waals surface area contributed by atoms with Crippen molar-refractivity contribution in [2.75, 3.05) is 26.7 Å². The van der Waals surface area contributed by atoms with Gasteiger partial charge in [-0.05, 0) is 74.6 Å². The molecule has 0 N–H and O–H groups in total. The van der Waals surface area contributed by atoms with Crippen molar-refractivity contribution in [3.05, 3.63) is 29.8 Å². The molecule has 2 bridgehead atoms. The Morgan fingerprint density at radius 1 is 1.11 bits per heavy atom. The molecule has 4 aliphatic rings. The molecule has 1 saturated carbocycles. The number of fused-ring (bicyclic) bond motifs is 4. The Morgan fingerprint density at radius 2 is 1.93 bits per heavy atom. The molecule has 6 heteroatoms. The Hall–Kier alpha value is -1.11. The Kier molecular flexibility index (Phi) is 4.92. The van der Waals surface area contributed by atoms with Gasteiger partial charge in [0.2, 0.25) is 10.0 Å². The van der Waals surface area contributed by atoms with Crippen LogP contribution in [-0.2, 0) is 16.4 Å². The summed E-state index contributed by atoms with van der Waals surface area (Å²) >= 11 is 0. The number of hydrogen-bond acceptors (Lipinski definition) is 4. The largest absolute Gasteiger partial charge is 0.497 e. The highest BCUT2D eigenvalue weighted by molar-refractivity contribution is 7.90. The van der Waals surface area contributed by atoms with Crippen molar-refractivity contribution < 1.29 is 13.2 Å². The molecule has 5 rings (SSSR count). The molecule has 1 aromatic rings. The van der Waals surface area contributed by atoms with Gasteiger partial charge in [-0.1, -0.05) is 18.6 Å². The van der Waals surface area contributed by atoms with E-state index >= 15 is 0 Å². The van der Waals surface area contributed by atoms with Gasteiger partial charge in [0.25, 0.3) is 0 Å². The van der Waals surface area contributed by atoms with Crippen molar-refractivity contribution in [3.63, 3.8) is 0 Å². The predicted octanol–water partition coefficient (Wildman–Crippen LogP) is 2.90. The lowest BCUT2D eigenvalue weighted by molar-refractivity contribution is -0.0550. The molecule has 1 aromatic carbocycles. The summed E-state index contributed by atoms with van der Waals surface area (Å²) in [4.78, 5) is 2.75. The van der Waals surface area contributed by atoms with Crippen molar-refractivity contribution in [2.24, 2.45) is 11.8 Å². The molecule has 154 valence electrons. The standard InChI is InChI=1S/C22H32N2O3S/c1-27-19-6-4-5-16(11-19)12-22-18-13-17(21-7-2-3-10-24(21)22)14-23(15-18)28(25,26)20-8-9-20/h4-6,11,17-18,20-22H,2-3,7-10,12-15H2,1H3/t17-,18+,21+,22+/m1/s1. The van der Waals surface area contributed by atoms with Crippen LogP contribution in [0.1, 0.15) is 44.1 Å². The van der Waals surface area contributed by atoms with E-state index in [0.29, 0.717) is 30.5 Å². The molecule has 3 heterocycles. The molecule has 0 amide bonds. The van der Waals surface area contributed by atoms with E-state index in [9.17, 15) is 8.42 Å². The lowest BCUT2D eigenvalue weighted by atomic mass is 9.71. The van der Waals surface area contributed by atoms with Gasteiger partial charge < -0.3 is 4.74 Å². The minimum atomic E-state index is -3.08. The van der Waals surface area contributed by atoms with Crippen molar-refractivity contribution >= 4 is 10.0 Å². The zero-order valence-electron chi connectivity index (χ0n) is 16.8. The molecule has 0 spiro atoms. The molecule has 0 radical (unpaired) electrons. The normalized spacial score (nSPS) is 34.0. The van der Waals surface area contributed by atoms with Gasteiger partial charge in [0.1, 0.15) is 5.75 Å². The fraction of sp³-hybridized carbons (Fsp3) is 0.727. The van der Waals surface area contributed by atoms with E-state index in [1.165, 1.54) is 37.8 Å². The highest BCUT2D eigenvalue weighted by Crippen LogP contribution is 2.44. The molecule has 1 aliphatic carbocycles. The number of ether oxygens (including phenoxy) is 1. The molecule has 5 nitrogen and oxygen atoms in total. The number of piperidine rings is 3. The van der Waals surface area contributed by atoms with Crippen molar-refractivity contribution in [1.82, 2.24) is 9.21 Å². The van der Waals surface area contributed by atoms with Crippen LogP contribution in [0.4, 0.5) is 0 Å². The third-order valence-corrected chi connectivity index (χ3v) is 9.80. The monoisotopic (exact) mass is 404 g/mol. The third kappa shape index (κ3) is 3.37. The van der Waals surface area contributed by atoms with Crippen LogP contribution in [-0.4, -0.2) is 61.7 Å². The minimum absolute atomic E-state index is 0.0920. The van der Waals surface area contributed by atoms with Gasteiger partial charge in [0.15, 0.2) is 0 Å². The summed E-state index contributed by atoms with van der Waals surface area (Å²) in [6.07, 6.45) is 7.67. The number of methoxy groups -OCH3 is 1. The van der Waals surface area contributed by atoms with Crippen LogP contribution in [0.25, 0.3) is 0 Å². The van der Waals surface area contributed by atoms with Crippen LogP contribution in [0, 0.1) is 11.8 Å². The second-order valence-electron chi connectivity index (χ2n) is 9.24. The topological polar surface area (TPSA) is 49.9 Å². The SMILES string of the molecule is COc1cccc(C[C@H]2[C@H]3C[C@H](CN(S(=O)(=O)C4CC4)C3)[C@@H]3CCCCN32)c1. The van der Waals surface area contributed by atoms with Crippen molar-refractivity contribution in [1.29, 1.82) is 0 Å². The van der Waals surface area contributed by atoms with E-state index in [1.807, 2.05) is 10.4 Å². The first-order valence-electron chi connectivity index (χ1n) is 10.9. The Morgan fingerprint density at radius 3 is 2.71 bits per heavy atom. The average Bonchev–Trinajstić information content (AvgIpc) is 3.57. The van der Waals surface area contributed by atoms with E-state index < -0.39 is 10.0 Å². The van der Waals surface area contributed by atoms with Crippen LogP contribution in [0.2, 0.25) is 0 Å². The molecule has 0 aromatic heterocycles. The fourth-order valence-corrected chi connectivity index (χ4v) is 7.92. The lowest BCUT2D eigenvalue weighted by Crippen LogP contribution is -2.64. The van der Waals surface area contributed by atoms with Crippen LogP contribution in [0.5, 0.6) is 5.75 Å². The summed E-state index contributed by atoms with van der Waals surface area (Å²) in [7, 11) is -1.37. The minimum Gasteiger partial charge on any atom is -0.497 e. The smallest absolute Gasteiger partial charge is 0.217 e. The van der Waals surface area contributed by atoms with Gasteiger partial charge in [0, 0.05) is 25.2 Å². The third-order valence-electron chi connectivity index (χ3n) is 7.47. The maximum Gasteiger partial charge on any atom is 0.217 e. The molecule has 0 unspecified atom stereocenters. The number of sulfonamides is 1.